The Morgan fingerprint density at radius 1 is 1.35 bits per heavy atom. The first-order valence-corrected chi connectivity index (χ1v) is 7.58. The maximum Gasteiger partial charge on any atom is 0.242 e. The minimum Gasteiger partial charge on any atom is -0.208 e. The molecule has 1 N–H and O–H groups in total. The van der Waals surface area contributed by atoms with Crippen LogP contribution in [0.2, 0.25) is 10.0 Å². The molecule has 0 aliphatic carbocycles. The summed E-state index contributed by atoms with van der Waals surface area (Å²) >= 11 is 11.6. The zero-order valence-corrected chi connectivity index (χ0v) is 12.0. The van der Waals surface area contributed by atoms with Gasteiger partial charge in [-0.2, -0.15) is 0 Å². The van der Waals surface area contributed by atoms with Crippen molar-refractivity contribution >= 4 is 33.2 Å². The highest BCUT2D eigenvalue weighted by Crippen LogP contribution is 2.25. The first-order chi connectivity index (χ1) is 7.86. The fourth-order valence-corrected chi connectivity index (χ4v) is 3.54. The summed E-state index contributed by atoms with van der Waals surface area (Å²) in [6.45, 7) is 3.82. The van der Waals surface area contributed by atoms with Crippen molar-refractivity contribution in [2.75, 3.05) is 0 Å². The summed E-state index contributed by atoms with van der Waals surface area (Å²) in [4.78, 5) is 0.0228. The molecule has 1 aromatic carbocycles. The van der Waals surface area contributed by atoms with E-state index in [1.54, 1.807) is 6.07 Å². The molecule has 6 heteroatoms. The van der Waals surface area contributed by atoms with Crippen molar-refractivity contribution in [2.45, 2.75) is 37.6 Å². The molecule has 0 saturated carbocycles. The van der Waals surface area contributed by atoms with Gasteiger partial charge in [-0.05, 0) is 31.5 Å². The molecule has 0 aliphatic rings. The van der Waals surface area contributed by atoms with Crippen molar-refractivity contribution in [3.05, 3.63) is 28.2 Å². The second-order valence-corrected chi connectivity index (χ2v) is 6.41. The van der Waals surface area contributed by atoms with E-state index in [-0.39, 0.29) is 16.0 Å². The maximum absolute atomic E-state index is 12.0. The average molecular weight is 296 g/mol. The Morgan fingerprint density at radius 3 is 2.59 bits per heavy atom. The zero-order valence-electron chi connectivity index (χ0n) is 9.70. The maximum atomic E-state index is 12.0. The van der Waals surface area contributed by atoms with Crippen LogP contribution in [-0.2, 0) is 10.0 Å². The van der Waals surface area contributed by atoms with Crippen LogP contribution in [0, 0.1) is 0 Å². The number of rotatable bonds is 5. The lowest BCUT2D eigenvalue weighted by molar-refractivity contribution is 0.544. The highest BCUT2D eigenvalue weighted by Gasteiger charge is 2.20. The van der Waals surface area contributed by atoms with Gasteiger partial charge in [0.2, 0.25) is 10.0 Å². The molecular formula is C11H15Cl2NO2S. The van der Waals surface area contributed by atoms with E-state index >= 15 is 0 Å². The van der Waals surface area contributed by atoms with Gasteiger partial charge >= 0.3 is 0 Å². The van der Waals surface area contributed by atoms with Crippen LogP contribution in [0.3, 0.4) is 0 Å². The highest BCUT2D eigenvalue weighted by atomic mass is 35.5. The van der Waals surface area contributed by atoms with E-state index in [0.717, 1.165) is 12.8 Å². The summed E-state index contributed by atoms with van der Waals surface area (Å²) in [5.41, 5.74) is 0. The summed E-state index contributed by atoms with van der Waals surface area (Å²) in [6.07, 6.45) is 1.68. The number of nitrogens with one attached hydrogen (secondary N) is 1. The number of sulfonamides is 1. The Morgan fingerprint density at radius 2 is 2.00 bits per heavy atom. The van der Waals surface area contributed by atoms with Gasteiger partial charge in [0.25, 0.3) is 0 Å². The minimum absolute atomic E-state index is 0.0228. The van der Waals surface area contributed by atoms with Crippen LogP contribution in [0.25, 0.3) is 0 Å². The van der Waals surface area contributed by atoms with Crippen LogP contribution in [-0.4, -0.2) is 14.5 Å². The molecule has 0 radical (unpaired) electrons. The fourth-order valence-electron chi connectivity index (χ4n) is 1.50. The van der Waals surface area contributed by atoms with Crippen LogP contribution in [0.4, 0.5) is 0 Å². The normalized spacial score (nSPS) is 13.6. The minimum atomic E-state index is -3.60. The average Bonchev–Trinajstić information content (AvgIpc) is 2.21. The van der Waals surface area contributed by atoms with Gasteiger partial charge in [-0.25, -0.2) is 13.1 Å². The number of hydrogen-bond donors (Lipinski definition) is 1. The molecule has 17 heavy (non-hydrogen) atoms. The van der Waals surface area contributed by atoms with Gasteiger partial charge in [0, 0.05) is 11.1 Å². The largest absolute Gasteiger partial charge is 0.242 e. The quantitative estimate of drug-likeness (QED) is 0.904. The van der Waals surface area contributed by atoms with Gasteiger partial charge in [0.15, 0.2) is 0 Å². The molecule has 1 atom stereocenters. The molecule has 0 heterocycles. The van der Waals surface area contributed by atoms with Crippen LogP contribution < -0.4 is 4.72 Å². The Labute approximate surface area is 112 Å². The van der Waals surface area contributed by atoms with Crippen molar-refractivity contribution in [2.24, 2.45) is 0 Å². The lowest BCUT2D eigenvalue weighted by atomic mass is 10.2. The molecule has 3 nitrogen and oxygen atoms in total. The molecular weight excluding hydrogens is 281 g/mol. The molecule has 0 amide bonds. The van der Waals surface area contributed by atoms with E-state index in [0.29, 0.717) is 5.02 Å². The van der Waals surface area contributed by atoms with Crippen LogP contribution in [0.1, 0.15) is 26.7 Å². The van der Waals surface area contributed by atoms with Crippen molar-refractivity contribution in [3.63, 3.8) is 0 Å². The highest BCUT2D eigenvalue weighted by molar-refractivity contribution is 7.89. The van der Waals surface area contributed by atoms with Crippen LogP contribution in [0.15, 0.2) is 23.1 Å². The van der Waals surface area contributed by atoms with E-state index < -0.39 is 10.0 Å². The molecule has 0 bridgehead atoms. The van der Waals surface area contributed by atoms with Gasteiger partial charge in [-0.15, -0.1) is 0 Å². The summed E-state index contributed by atoms with van der Waals surface area (Å²) in [7, 11) is -3.60. The number of halogens is 2. The van der Waals surface area contributed by atoms with Crippen molar-refractivity contribution < 1.29 is 8.42 Å². The Kier molecular flexibility index (Phi) is 5.25. The zero-order chi connectivity index (χ0) is 13.1. The third-order valence-corrected chi connectivity index (χ3v) is 4.57. The predicted octanol–water partition coefficient (Wildman–Crippen LogP) is 3.46. The molecule has 1 aromatic rings. The number of hydrogen-bond acceptors (Lipinski definition) is 2. The summed E-state index contributed by atoms with van der Waals surface area (Å²) in [5, 5.41) is 0.517. The van der Waals surface area contributed by atoms with E-state index in [1.807, 2.05) is 13.8 Å². The third-order valence-electron chi connectivity index (χ3n) is 2.26. The second kappa shape index (κ2) is 6.05. The monoisotopic (exact) mass is 295 g/mol. The number of benzene rings is 1. The predicted molar refractivity (Wildman–Crippen MR) is 71.2 cm³/mol. The smallest absolute Gasteiger partial charge is 0.208 e. The molecule has 0 aromatic heterocycles. The summed E-state index contributed by atoms with van der Waals surface area (Å²) in [6, 6.07) is 4.26. The second-order valence-electron chi connectivity index (χ2n) is 3.89. The summed E-state index contributed by atoms with van der Waals surface area (Å²) in [5.74, 6) is 0. The van der Waals surface area contributed by atoms with Crippen LogP contribution >= 0.6 is 23.2 Å². The topological polar surface area (TPSA) is 46.2 Å². The molecule has 0 unspecified atom stereocenters. The Hall–Kier alpha value is -0.290. The van der Waals surface area contributed by atoms with E-state index in [1.165, 1.54) is 12.1 Å². The van der Waals surface area contributed by atoms with Gasteiger partial charge in [-0.1, -0.05) is 36.5 Å². The van der Waals surface area contributed by atoms with Crippen LogP contribution in [0.5, 0.6) is 0 Å². The van der Waals surface area contributed by atoms with Crippen molar-refractivity contribution in [1.82, 2.24) is 4.72 Å². The van der Waals surface area contributed by atoms with Gasteiger partial charge in [-0.3, -0.25) is 0 Å². The third kappa shape index (κ3) is 4.14. The van der Waals surface area contributed by atoms with E-state index in [4.69, 9.17) is 23.2 Å². The molecule has 1 rings (SSSR count). The first kappa shape index (κ1) is 14.8. The lowest BCUT2D eigenvalue weighted by Gasteiger charge is -2.14. The SMILES string of the molecule is CCC[C@H](C)NS(=O)(=O)c1cc(Cl)ccc1Cl. The van der Waals surface area contributed by atoms with Crippen molar-refractivity contribution in [1.29, 1.82) is 0 Å². The molecule has 0 saturated heterocycles. The Balaban J connectivity index is 3.01. The molecule has 0 aliphatic heterocycles. The molecule has 0 fully saturated rings. The van der Waals surface area contributed by atoms with Gasteiger partial charge in [0.05, 0.1) is 5.02 Å². The summed E-state index contributed by atoms with van der Waals surface area (Å²) < 4.78 is 26.6. The van der Waals surface area contributed by atoms with Gasteiger partial charge < -0.3 is 0 Å². The van der Waals surface area contributed by atoms with E-state index in [9.17, 15) is 8.42 Å². The van der Waals surface area contributed by atoms with Gasteiger partial charge in [0.1, 0.15) is 4.90 Å². The van der Waals surface area contributed by atoms with Crippen molar-refractivity contribution in [3.8, 4) is 0 Å². The Bertz CT molecular complexity index is 488. The standard InChI is InChI=1S/C11H15Cl2NO2S/c1-3-4-8(2)14-17(15,16)11-7-9(12)5-6-10(11)13/h5-8,14H,3-4H2,1-2H3/t8-/m0/s1. The molecule has 96 valence electrons. The first-order valence-electron chi connectivity index (χ1n) is 5.34. The lowest BCUT2D eigenvalue weighted by Crippen LogP contribution is -2.32. The molecule has 0 spiro atoms. The van der Waals surface area contributed by atoms with E-state index in [2.05, 4.69) is 4.72 Å². The fraction of sp³-hybridized carbons (Fsp3) is 0.455.